The molecule has 0 aliphatic carbocycles. The minimum atomic E-state index is -0.353. The Kier molecular flexibility index (Phi) is 4.79. The van der Waals surface area contributed by atoms with Crippen LogP contribution in [0.2, 0.25) is 0 Å². The fourth-order valence-corrected chi connectivity index (χ4v) is 2.85. The number of rotatable bonds is 4. The van der Waals surface area contributed by atoms with Gasteiger partial charge in [0.05, 0.1) is 17.1 Å². The summed E-state index contributed by atoms with van der Waals surface area (Å²) in [5.74, 6) is 0.422. The molecule has 3 heterocycles. The standard InChI is InChI=1S/C19H22N6O/c1-11-10-12(2)21-16-15(11)18(25(4)5)24-17(23-16)19(26)22-13(3)14-8-6-7-9-20-14/h6-10,13H,1-5H3,(H,22,26). The van der Waals surface area contributed by atoms with Crippen LogP contribution in [0.3, 0.4) is 0 Å². The van der Waals surface area contributed by atoms with E-state index in [0.717, 1.165) is 22.3 Å². The van der Waals surface area contributed by atoms with Crippen LogP contribution in [0, 0.1) is 13.8 Å². The molecule has 0 aliphatic rings. The van der Waals surface area contributed by atoms with E-state index in [1.54, 1.807) is 6.20 Å². The minimum Gasteiger partial charge on any atom is -0.362 e. The average molecular weight is 350 g/mol. The Morgan fingerprint density at radius 2 is 1.92 bits per heavy atom. The van der Waals surface area contributed by atoms with Crippen LogP contribution in [0.5, 0.6) is 0 Å². The third-order valence-electron chi connectivity index (χ3n) is 4.08. The number of nitrogens with one attached hydrogen (secondary N) is 1. The van der Waals surface area contributed by atoms with Crippen molar-refractivity contribution in [2.24, 2.45) is 0 Å². The molecule has 0 aliphatic heterocycles. The zero-order valence-corrected chi connectivity index (χ0v) is 15.6. The Morgan fingerprint density at radius 3 is 2.58 bits per heavy atom. The van der Waals surface area contributed by atoms with E-state index in [4.69, 9.17) is 0 Å². The van der Waals surface area contributed by atoms with E-state index in [9.17, 15) is 4.79 Å². The van der Waals surface area contributed by atoms with Gasteiger partial charge in [0.25, 0.3) is 5.91 Å². The fraction of sp³-hybridized carbons (Fsp3) is 0.316. The summed E-state index contributed by atoms with van der Waals surface area (Å²) in [5.41, 5.74) is 3.19. The van der Waals surface area contributed by atoms with E-state index < -0.39 is 0 Å². The quantitative estimate of drug-likeness (QED) is 0.779. The van der Waals surface area contributed by atoms with E-state index in [1.807, 2.05) is 64.0 Å². The second-order valence-corrected chi connectivity index (χ2v) is 6.49. The lowest BCUT2D eigenvalue weighted by molar-refractivity contribution is 0.0929. The second-order valence-electron chi connectivity index (χ2n) is 6.49. The molecule has 0 fully saturated rings. The predicted octanol–water partition coefficient (Wildman–Crippen LogP) is 2.59. The summed E-state index contributed by atoms with van der Waals surface area (Å²) in [4.78, 5) is 32.2. The molecule has 26 heavy (non-hydrogen) atoms. The molecule has 1 amide bonds. The number of fused-ring (bicyclic) bond motifs is 1. The van der Waals surface area contributed by atoms with Crippen molar-refractivity contribution in [3.8, 4) is 0 Å². The van der Waals surface area contributed by atoms with Crippen molar-refractivity contribution in [1.82, 2.24) is 25.3 Å². The lowest BCUT2D eigenvalue weighted by Gasteiger charge is -2.17. The van der Waals surface area contributed by atoms with Crippen LogP contribution in [0.4, 0.5) is 5.82 Å². The highest BCUT2D eigenvalue weighted by Gasteiger charge is 2.19. The van der Waals surface area contributed by atoms with Gasteiger partial charge in [0.1, 0.15) is 5.82 Å². The number of pyridine rings is 2. The summed E-state index contributed by atoms with van der Waals surface area (Å²) >= 11 is 0. The molecule has 7 nitrogen and oxygen atoms in total. The maximum Gasteiger partial charge on any atom is 0.289 e. The Labute approximate surface area is 152 Å². The van der Waals surface area contributed by atoms with Crippen molar-refractivity contribution in [3.05, 3.63) is 53.2 Å². The lowest BCUT2D eigenvalue weighted by atomic mass is 10.1. The number of aromatic nitrogens is 4. The van der Waals surface area contributed by atoms with Gasteiger partial charge in [-0.15, -0.1) is 0 Å². The van der Waals surface area contributed by atoms with Crippen molar-refractivity contribution >= 4 is 22.8 Å². The van der Waals surface area contributed by atoms with Gasteiger partial charge in [-0.2, -0.15) is 0 Å². The number of hydrogen-bond acceptors (Lipinski definition) is 6. The molecular weight excluding hydrogens is 328 g/mol. The van der Waals surface area contributed by atoms with Crippen molar-refractivity contribution in [2.45, 2.75) is 26.8 Å². The van der Waals surface area contributed by atoms with Gasteiger partial charge in [0.2, 0.25) is 5.82 Å². The van der Waals surface area contributed by atoms with Crippen molar-refractivity contribution in [1.29, 1.82) is 0 Å². The maximum absolute atomic E-state index is 12.7. The van der Waals surface area contributed by atoms with E-state index in [-0.39, 0.29) is 17.8 Å². The average Bonchev–Trinajstić information content (AvgIpc) is 2.60. The first-order valence-electron chi connectivity index (χ1n) is 8.42. The molecule has 134 valence electrons. The highest BCUT2D eigenvalue weighted by molar-refractivity contribution is 5.96. The number of amides is 1. The summed E-state index contributed by atoms with van der Waals surface area (Å²) in [6, 6.07) is 7.33. The number of carbonyl (C=O) groups is 1. The molecule has 3 aromatic heterocycles. The van der Waals surface area contributed by atoms with E-state index in [1.165, 1.54) is 0 Å². The zero-order valence-electron chi connectivity index (χ0n) is 15.6. The molecular formula is C19H22N6O. The van der Waals surface area contributed by atoms with E-state index in [2.05, 4.69) is 25.3 Å². The highest BCUT2D eigenvalue weighted by Crippen LogP contribution is 2.25. The fourth-order valence-electron chi connectivity index (χ4n) is 2.85. The van der Waals surface area contributed by atoms with Gasteiger partial charge in [-0.3, -0.25) is 9.78 Å². The maximum atomic E-state index is 12.7. The van der Waals surface area contributed by atoms with Gasteiger partial charge in [-0.1, -0.05) is 6.07 Å². The van der Waals surface area contributed by atoms with Gasteiger partial charge >= 0.3 is 0 Å². The number of nitrogens with zero attached hydrogens (tertiary/aromatic N) is 5. The third kappa shape index (κ3) is 3.46. The molecule has 1 N–H and O–H groups in total. The molecule has 0 radical (unpaired) electrons. The van der Waals surface area contributed by atoms with Crippen molar-refractivity contribution in [3.63, 3.8) is 0 Å². The predicted molar refractivity (Wildman–Crippen MR) is 101 cm³/mol. The topological polar surface area (TPSA) is 83.9 Å². The molecule has 0 saturated carbocycles. The van der Waals surface area contributed by atoms with Gasteiger partial charge < -0.3 is 10.2 Å². The summed E-state index contributed by atoms with van der Waals surface area (Å²) in [6.07, 6.45) is 1.70. The molecule has 0 saturated heterocycles. The summed E-state index contributed by atoms with van der Waals surface area (Å²) < 4.78 is 0. The van der Waals surface area contributed by atoms with Crippen LogP contribution in [-0.4, -0.2) is 39.9 Å². The van der Waals surface area contributed by atoms with Crippen molar-refractivity contribution in [2.75, 3.05) is 19.0 Å². The number of aryl methyl sites for hydroxylation is 2. The Bertz CT molecular complexity index is 955. The van der Waals surface area contributed by atoms with Crippen LogP contribution in [-0.2, 0) is 0 Å². The highest BCUT2D eigenvalue weighted by atomic mass is 16.2. The number of hydrogen-bond donors (Lipinski definition) is 1. The molecule has 3 rings (SSSR count). The largest absolute Gasteiger partial charge is 0.362 e. The van der Waals surface area contributed by atoms with Gasteiger partial charge in [0.15, 0.2) is 5.65 Å². The molecule has 1 unspecified atom stereocenters. The zero-order chi connectivity index (χ0) is 18.8. The summed E-state index contributed by atoms with van der Waals surface area (Å²) in [6.45, 7) is 5.78. The lowest BCUT2D eigenvalue weighted by Crippen LogP contribution is -2.29. The number of anilines is 1. The van der Waals surface area contributed by atoms with E-state index >= 15 is 0 Å². The summed E-state index contributed by atoms with van der Waals surface area (Å²) in [5, 5.41) is 3.76. The van der Waals surface area contributed by atoms with Gasteiger partial charge in [-0.25, -0.2) is 15.0 Å². The molecule has 0 spiro atoms. The van der Waals surface area contributed by atoms with E-state index in [0.29, 0.717) is 11.5 Å². The second kappa shape index (κ2) is 7.03. The van der Waals surface area contributed by atoms with Crippen LogP contribution in [0.1, 0.15) is 40.5 Å². The first kappa shape index (κ1) is 17.7. The van der Waals surface area contributed by atoms with Gasteiger partial charge in [-0.05, 0) is 44.5 Å². The monoisotopic (exact) mass is 350 g/mol. The summed E-state index contributed by atoms with van der Waals surface area (Å²) in [7, 11) is 3.78. The number of carbonyl (C=O) groups excluding carboxylic acids is 1. The van der Waals surface area contributed by atoms with Crippen LogP contribution >= 0.6 is 0 Å². The van der Waals surface area contributed by atoms with Crippen LogP contribution < -0.4 is 10.2 Å². The molecule has 0 bridgehead atoms. The molecule has 7 heteroatoms. The first-order valence-corrected chi connectivity index (χ1v) is 8.42. The van der Waals surface area contributed by atoms with Crippen LogP contribution in [0.25, 0.3) is 11.0 Å². The molecule has 0 aromatic carbocycles. The normalized spacial score (nSPS) is 12.0. The SMILES string of the molecule is Cc1cc(C)c2c(N(C)C)nc(C(=O)NC(C)c3ccccn3)nc2n1. The van der Waals surface area contributed by atoms with Gasteiger partial charge in [0, 0.05) is 26.0 Å². The first-order chi connectivity index (χ1) is 12.4. The Balaban J connectivity index is 2.00. The molecule has 1 atom stereocenters. The molecule has 3 aromatic rings. The smallest absolute Gasteiger partial charge is 0.289 e. The van der Waals surface area contributed by atoms with Crippen LogP contribution in [0.15, 0.2) is 30.5 Å². The van der Waals surface area contributed by atoms with Crippen molar-refractivity contribution < 1.29 is 4.79 Å². The minimum absolute atomic E-state index is 0.0986. The Morgan fingerprint density at radius 1 is 1.15 bits per heavy atom. The third-order valence-corrected chi connectivity index (χ3v) is 4.08. The Hall–Kier alpha value is -3.09.